The van der Waals surface area contributed by atoms with Crippen molar-refractivity contribution in [3.05, 3.63) is 34.9 Å². The monoisotopic (exact) mass is 325 g/mol. The third-order valence-electron chi connectivity index (χ3n) is 4.17. The quantitative estimate of drug-likeness (QED) is 0.927. The van der Waals surface area contributed by atoms with Crippen molar-refractivity contribution in [3.8, 4) is 0 Å². The second kappa shape index (κ2) is 5.89. The van der Waals surface area contributed by atoms with Crippen molar-refractivity contribution in [2.24, 2.45) is 5.92 Å². The van der Waals surface area contributed by atoms with Crippen LogP contribution in [0, 0.1) is 5.92 Å². The van der Waals surface area contributed by atoms with E-state index in [1.807, 2.05) is 18.2 Å². The number of hydrogen-bond donors (Lipinski definition) is 1. The maximum atomic E-state index is 12.6. The Morgan fingerprint density at radius 1 is 1.29 bits per heavy atom. The molecule has 1 heterocycles. The van der Waals surface area contributed by atoms with Crippen molar-refractivity contribution < 1.29 is 14.7 Å². The topological polar surface area (TPSA) is 57.6 Å². The number of carbonyl (C=O) groups is 2. The highest BCUT2D eigenvalue weighted by atomic mass is 35.5. The molecule has 4 nitrogen and oxygen atoms in total. The molecule has 2 atom stereocenters. The molecule has 0 bridgehead atoms. The first-order valence-corrected chi connectivity index (χ1v) is 8.43. The summed E-state index contributed by atoms with van der Waals surface area (Å²) in [7, 11) is 0. The zero-order valence-electron chi connectivity index (χ0n) is 11.4. The number of carboxylic acids is 1. The lowest BCUT2D eigenvalue weighted by Crippen LogP contribution is -2.47. The van der Waals surface area contributed by atoms with Crippen LogP contribution in [0.5, 0.6) is 0 Å². The predicted molar refractivity (Wildman–Crippen MR) is 82.3 cm³/mol. The molecule has 2 aliphatic rings. The van der Waals surface area contributed by atoms with E-state index in [2.05, 4.69) is 0 Å². The summed E-state index contributed by atoms with van der Waals surface area (Å²) >= 11 is 7.70. The molecule has 1 saturated heterocycles. The lowest BCUT2D eigenvalue weighted by molar-refractivity contribution is -0.152. The zero-order valence-corrected chi connectivity index (χ0v) is 12.9. The van der Waals surface area contributed by atoms with Crippen LogP contribution in [0.1, 0.15) is 30.2 Å². The van der Waals surface area contributed by atoms with Crippen LogP contribution in [-0.2, 0) is 9.59 Å². The summed E-state index contributed by atoms with van der Waals surface area (Å²) in [5.41, 5.74) is 0.820. The average molecular weight is 326 g/mol. The normalized spacial score (nSPS) is 25.7. The van der Waals surface area contributed by atoms with Gasteiger partial charge in [-0.25, -0.2) is 4.79 Å². The summed E-state index contributed by atoms with van der Waals surface area (Å²) in [4.78, 5) is 25.7. The largest absolute Gasteiger partial charge is 0.480 e. The fraction of sp³-hybridized carbons (Fsp3) is 0.467. The van der Waals surface area contributed by atoms with E-state index in [-0.39, 0.29) is 17.2 Å². The molecular weight excluding hydrogens is 310 g/mol. The highest BCUT2D eigenvalue weighted by molar-refractivity contribution is 7.99. The second-order valence-electron chi connectivity index (χ2n) is 5.43. The van der Waals surface area contributed by atoms with E-state index in [4.69, 9.17) is 11.6 Å². The van der Waals surface area contributed by atoms with Crippen molar-refractivity contribution in [1.82, 2.24) is 4.90 Å². The zero-order chi connectivity index (χ0) is 15.0. The first-order chi connectivity index (χ1) is 10.1. The van der Waals surface area contributed by atoms with Gasteiger partial charge in [0.05, 0.1) is 0 Å². The van der Waals surface area contributed by atoms with Gasteiger partial charge in [0.25, 0.3) is 0 Å². The molecule has 1 aliphatic carbocycles. The lowest BCUT2D eigenvalue weighted by atomic mass is 9.84. The molecule has 2 unspecified atom stereocenters. The molecule has 0 radical (unpaired) electrons. The number of carboxylic acid groups (broad SMARTS) is 1. The van der Waals surface area contributed by atoms with Crippen molar-refractivity contribution >= 4 is 35.2 Å². The molecule has 0 aromatic heterocycles. The van der Waals surface area contributed by atoms with Crippen molar-refractivity contribution in [3.63, 3.8) is 0 Å². The fourth-order valence-electron chi connectivity index (χ4n) is 2.75. The molecular formula is C15H16ClNO3S. The summed E-state index contributed by atoms with van der Waals surface area (Å²) in [5, 5.41) is 9.68. The molecule has 1 amide bonds. The van der Waals surface area contributed by atoms with Crippen LogP contribution in [0.4, 0.5) is 0 Å². The van der Waals surface area contributed by atoms with E-state index in [0.29, 0.717) is 10.8 Å². The van der Waals surface area contributed by atoms with Crippen molar-refractivity contribution in [1.29, 1.82) is 0 Å². The number of hydrogen-bond acceptors (Lipinski definition) is 3. The van der Waals surface area contributed by atoms with Gasteiger partial charge in [0.1, 0.15) is 11.4 Å². The maximum Gasteiger partial charge on any atom is 0.327 e. The summed E-state index contributed by atoms with van der Waals surface area (Å²) in [6, 6.07) is 6.58. The minimum Gasteiger partial charge on any atom is -0.480 e. The van der Waals surface area contributed by atoms with Gasteiger partial charge in [0, 0.05) is 22.3 Å². The summed E-state index contributed by atoms with van der Waals surface area (Å²) in [5.74, 6) is -0.590. The summed E-state index contributed by atoms with van der Waals surface area (Å²) in [6.07, 6.45) is 2.77. The lowest BCUT2D eigenvalue weighted by Gasteiger charge is -2.34. The fourth-order valence-corrected chi connectivity index (χ4v) is 4.51. The van der Waals surface area contributed by atoms with Crippen LogP contribution in [0.15, 0.2) is 24.3 Å². The number of carbonyl (C=O) groups excluding carboxylic acids is 1. The smallest absolute Gasteiger partial charge is 0.327 e. The van der Waals surface area contributed by atoms with E-state index in [0.717, 1.165) is 24.8 Å². The van der Waals surface area contributed by atoms with Gasteiger partial charge in [0.2, 0.25) is 5.91 Å². The van der Waals surface area contributed by atoms with E-state index >= 15 is 0 Å². The summed E-state index contributed by atoms with van der Waals surface area (Å²) < 4.78 is 0. The Labute approximate surface area is 132 Å². The van der Waals surface area contributed by atoms with Gasteiger partial charge in [-0.2, -0.15) is 0 Å². The molecule has 1 aromatic rings. The molecule has 21 heavy (non-hydrogen) atoms. The number of amides is 1. The number of aliphatic carboxylic acids is 1. The molecule has 3 rings (SSSR count). The first kappa shape index (κ1) is 14.7. The number of thioether (sulfide) groups is 1. The van der Waals surface area contributed by atoms with Gasteiger partial charge in [-0.3, -0.25) is 4.79 Å². The van der Waals surface area contributed by atoms with E-state index in [1.165, 1.54) is 16.7 Å². The molecule has 112 valence electrons. The number of rotatable bonds is 3. The molecule has 2 fully saturated rings. The number of nitrogens with zero attached hydrogens (tertiary/aromatic N) is 1. The third-order valence-corrected chi connectivity index (χ3v) is 5.81. The molecule has 1 aromatic carbocycles. The Bertz CT molecular complexity index is 576. The van der Waals surface area contributed by atoms with Gasteiger partial charge < -0.3 is 10.0 Å². The van der Waals surface area contributed by atoms with E-state index < -0.39 is 12.0 Å². The van der Waals surface area contributed by atoms with Crippen LogP contribution in [0.25, 0.3) is 0 Å². The van der Waals surface area contributed by atoms with Gasteiger partial charge in [-0.05, 0) is 18.9 Å². The van der Waals surface area contributed by atoms with Crippen molar-refractivity contribution in [2.45, 2.75) is 30.7 Å². The molecule has 1 saturated carbocycles. The minimum absolute atomic E-state index is 0.0180. The Morgan fingerprint density at radius 2 is 2.00 bits per heavy atom. The molecule has 6 heteroatoms. The van der Waals surface area contributed by atoms with Gasteiger partial charge in [0.15, 0.2) is 0 Å². The van der Waals surface area contributed by atoms with E-state index in [9.17, 15) is 14.7 Å². The van der Waals surface area contributed by atoms with Crippen molar-refractivity contribution in [2.75, 3.05) is 5.75 Å². The Hall–Kier alpha value is -1.20. The van der Waals surface area contributed by atoms with E-state index in [1.54, 1.807) is 6.07 Å². The highest BCUT2D eigenvalue weighted by Gasteiger charge is 2.45. The SMILES string of the molecule is O=C(O)C1CSC(c2ccccc2Cl)N1C(=O)C1CCC1. The maximum absolute atomic E-state index is 12.6. The van der Waals surface area contributed by atoms with Crippen LogP contribution < -0.4 is 0 Å². The van der Waals surface area contributed by atoms with Crippen LogP contribution >= 0.6 is 23.4 Å². The average Bonchev–Trinajstić information content (AvgIpc) is 2.81. The number of benzene rings is 1. The van der Waals surface area contributed by atoms with Gasteiger partial charge in [-0.1, -0.05) is 36.2 Å². The standard InChI is InChI=1S/C15H16ClNO3S/c16-11-7-2-1-6-10(11)14-17(12(8-21-14)15(19)20)13(18)9-4-3-5-9/h1-2,6-7,9,12,14H,3-5,8H2,(H,19,20). The third kappa shape index (κ3) is 2.64. The Kier molecular flexibility index (Phi) is 4.13. The van der Waals surface area contributed by atoms with Crippen LogP contribution in [0.3, 0.4) is 0 Å². The minimum atomic E-state index is -0.940. The van der Waals surface area contributed by atoms with Crippen LogP contribution in [-0.4, -0.2) is 33.7 Å². The molecule has 1 N–H and O–H groups in total. The Morgan fingerprint density at radius 3 is 2.57 bits per heavy atom. The molecule has 1 aliphatic heterocycles. The van der Waals surface area contributed by atoms with Gasteiger partial charge in [-0.15, -0.1) is 11.8 Å². The first-order valence-electron chi connectivity index (χ1n) is 7.00. The molecule has 0 spiro atoms. The summed E-state index contributed by atoms with van der Waals surface area (Å²) in [6.45, 7) is 0. The number of halogens is 1. The highest BCUT2D eigenvalue weighted by Crippen LogP contribution is 2.45. The van der Waals surface area contributed by atoms with Gasteiger partial charge >= 0.3 is 5.97 Å². The second-order valence-corrected chi connectivity index (χ2v) is 6.95. The van der Waals surface area contributed by atoms with Crippen LogP contribution in [0.2, 0.25) is 5.02 Å². The Balaban J connectivity index is 1.93. The predicted octanol–water partition coefficient (Wildman–Crippen LogP) is 3.17.